The van der Waals surface area contributed by atoms with Crippen molar-refractivity contribution in [2.75, 3.05) is 43.4 Å². The molecule has 126 valence electrons. The van der Waals surface area contributed by atoms with Crippen LogP contribution in [0.25, 0.3) is 0 Å². The minimum Gasteiger partial charge on any atom is -0.367 e. The number of hydrogen-bond donors (Lipinski definition) is 1. The van der Waals surface area contributed by atoms with Gasteiger partial charge in [-0.3, -0.25) is 4.79 Å². The number of carbonyl (C=O) groups excluding carboxylic acids is 1. The van der Waals surface area contributed by atoms with Crippen molar-refractivity contribution in [3.63, 3.8) is 0 Å². The van der Waals surface area contributed by atoms with Crippen molar-refractivity contribution in [1.82, 2.24) is 4.90 Å². The summed E-state index contributed by atoms with van der Waals surface area (Å²) in [5, 5.41) is 2.83. The van der Waals surface area contributed by atoms with Gasteiger partial charge in [-0.05, 0) is 43.8 Å². The van der Waals surface area contributed by atoms with Crippen LogP contribution in [-0.4, -0.2) is 44.0 Å². The molecule has 0 unspecified atom stereocenters. The number of nitrogens with zero attached hydrogens (tertiary/aromatic N) is 2. The van der Waals surface area contributed by atoms with Crippen LogP contribution in [0.15, 0.2) is 42.5 Å². The number of hydrogen-bond acceptors (Lipinski definition) is 3. The number of aryl methyl sites for hydroxylation is 1. The fourth-order valence-electron chi connectivity index (χ4n) is 2.86. The second-order valence-electron chi connectivity index (χ2n) is 6.23. The fourth-order valence-corrected chi connectivity index (χ4v) is 2.86. The maximum atomic E-state index is 14.5. The molecular formula is C19H22FN3O. The van der Waals surface area contributed by atoms with Gasteiger partial charge in [0.25, 0.3) is 5.91 Å². The van der Waals surface area contributed by atoms with Gasteiger partial charge < -0.3 is 15.1 Å². The molecule has 1 N–H and O–H groups in total. The number of rotatable bonds is 3. The van der Waals surface area contributed by atoms with Gasteiger partial charge in [-0.15, -0.1) is 0 Å². The lowest BCUT2D eigenvalue weighted by Gasteiger charge is -2.34. The lowest BCUT2D eigenvalue weighted by atomic mass is 10.1. The number of nitrogens with one attached hydrogen (secondary N) is 1. The molecular weight excluding hydrogens is 305 g/mol. The van der Waals surface area contributed by atoms with Crippen LogP contribution >= 0.6 is 0 Å². The Kier molecular flexibility index (Phi) is 4.81. The van der Waals surface area contributed by atoms with Gasteiger partial charge >= 0.3 is 0 Å². The smallest absolute Gasteiger partial charge is 0.255 e. The Bertz CT molecular complexity index is 739. The Morgan fingerprint density at radius 2 is 1.79 bits per heavy atom. The molecule has 0 atom stereocenters. The van der Waals surface area contributed by atoms with Crippen molar-refractivity contribution >= 4 is 17.3 Å². The SMILES string of the molecule is Cc1ccccc1NC(=O)c1ccc(N2CCN(C)CC2)c(F)c1. The molecule has 0 bridgehead atoms. The summed E-state index contributed by atoms with van der Waals surface area (Å²) in [5.74, 6) is -0.648. The molecule has 1 aliphatic rings. The first-order valence-electron chi connectivity index (χ1n) is 8.14. The summed E-state index contributed by atoms with van der Waals surface area (Å²) in [6.45, 7) is 5.33. The highest BCUT2D eigenvalue weighted by atomic mass is 19.1. The third-order valence-electron chi connectivity index (χ3n) is 4.45. The van der Waals surface area contributed by atoms with Gasteiger partial charge in [-0.25, -0.2) is 4.39 Å². The van der Waals surface area contributed by atoms with Gasteiger partial charge in [-0.2, -0.15) is 0 Å². The number of para-hydroxylation sites is 1. The predicted molar refractivity (Wildman–Crippen MR) is 95.2 cm³/mol. The Balaban J connectivity index is 1.74. The summed E-state index contributed by atoms with van der Waals surface area (Å²) in [6.07, 6.45) is 0. The van der Waals surface area contributed by atoms with E-state index in [1.54, 1.807) is 12.1 Å². The lowest BCUT2D eigenvalue weighted by Crippen LogP contribution is -2.44. The molecule has 1 aliphatic heterocycles. The molecule has 24 heavy (non-hydrogen) atoms. The maximum absolute atomic E-state index is 14.5. The number of amides is 1. The normalized spacial score (nSPS) is 15.4. The number of likely N-dealkylation sites (N-methyl/N-ethyl adjacent to an activating group) is 1. The molecule has 2 aromatic carbocycles. The quantitative estimate of drug-likeness (QED) is 0.941. The lowest BCUT2D eigenvalue weighted by molar-refractivity contribution is 0.102. The van der Waals surface area contributed by atoms with Crippen molar-refractivity contribution in [2.24, 2.45) is 0 Å². The van der Waals surface area contributed by atoms with E-state index in [0.717, 1.165) is 37.4 Å². The van der Waals surface area contributed by atoms with Crippen LogP contribution in [-0.2, 0) is 0 Å². The van der Waals surface area contributed by atoms with Crippen molar-refractivity contribution in [1.29, 1.82) is 0 Å². The van der Waals surface area contributed by atoms with E-state index >= 15 is 0 Å². The molecule has 1 amide bonds. The molecule has 4 nitrogen and oxygen atoms in total. The predicted octanol–water partition coefficient (Wildman–Crippen LogP) is 3.14. The Morgan fingerprint density at radius 3 is 2.46 bits per heavy atom. The number of benzene rings is 2. The van der Waals surface area contributed by atoms with E-state index in [1.165, 1.54) is 6.07 Å². The van der Waals surface area contributed by atoms with Crippen molar-refractivity contribution in [2.45, 2.75) is 6.92 Å². The van der Waals surface area contributed by atoms with Crippen molar-refractivity contribution < 1.29 is 9.18 Å². The molecule has 0 radical (unpaired) electrons. The average molecular weight is 327 g/mol. The Hall–Kier alpha value is -2.40. The summed E-state index contributed by atoms with van der Waals surface area (Å²) in [5.41, 5.74) is 2.61. The molecule has 1 fully saturated rings. The second kappa shape index (κ2) is 7.01. The topological polar surface area (TPSA) is 35.6 Å². The van der Waals surface area contributed by atoms with Crippen LogP contribution in [0.3, 0.4) is 0 Å². The van der Waals surface area contributed by atoms with E-state index in [-0.39, 0.29) is 11.7 Å². The van der Waals surface area contributed by atoms with Crippen LogP contribution in [0.5, 0.6) is 0 Å². The molecule has 1 heterocycles. The second-order valence-corrected chi connectivity index (χ2v) is 6.23. The minimum atomic E-state index is -0.350. The van der Waals surface area contributed by atoms with Crippen LogP contribution in [0, 0.1) is 12.7 Å². The molecule has 0 aromatic heterocycles. The van der Waals surface area contributed by atoms with E-state index in [0.29, 0.717) is 11.3 Å². The highest BCUT2D eigenvalue weighted by Gasteiger charge is 2.18. The molecule has 0 saturated carbocycles. The van der Waals surface area contributed by atoms with E-state index in [1.807, 2.05) is 36.1 Å². The van der Waals surface area contributed by atoms with E-state index in [4.69, 9.17) is 0 Å². The first kappa shape index (κ1) is 16.5. The van der Waals surface area contributed by atoms with Gasteiger partial charge in [-0.1, -0.05) is 18.2 Å². The molecule has 2 aromatic rings. The third kappa shape index (κ3) is 3.57. The molecule has 5 heteroatoms. The average Bonchev–Trinajstić information content (AvgIpc) is 2.58. The molecule has 0 aliphatic carbocycles. The zero-order valence-corrected chi connectivity index (χ0v) is 14.1. The summed E-state index contributed by atoms with van der Waals surface area (Å²) in [7, 11) is 2.06. The maximum Gasteiger partial charge on any atom is 0.255 e. The summed E-state index contributed by atoms with van der Waals surface area (Å²) < 4.78 is 14.5. The largest absolute Gasteiger partial charge is 0.367 e. The standard InChI is InChI=1S/C19H22FN3O/c1-14-5-3-4-6-17(14)21-19(24)15-7-8-18(16(20)13-15)23-11-9-22(2)10-12-23/h3-8,13H,9-12H2,1-2H3,(H,21,24). The van der Waals surface area contributed by atoms with Gasteiger partial charge in [0.05, 0.1) is 5.69 Å². The number of anilines is 2. The van der Waals surface area contributed by atoms with Gasteiger partial charge in [0, 0.05) is 37.4 Å². The summed E-state index contributed by atoms with van der Waals surface area (Å²) in [4.78, 5) is 16.6. The van der Waals surface area contributed by atoms with Crippen LogP contribution in [0.2, 0.25) is 0 Å². The third-order valence-corrected chi connectivity index (χ3v) is 4.45. The zero-order chi connectivity index (χ0) is 17.1. The number of carbonyl (C=O) groups is 1. The summed E-state index contributed by atoms with van der Waals surface area (Å²) in [6, 6.07) is 12.2. The van der Waals surface area contributed by atoms with Crippen molar-refractivity contribution in [3.8, 4) is 0 Å². The zero-order valence-electron chi connectivity index (χ0n) is 14.1. The van der Waals surface area contributed by atoms with Crippen LogP contribution in [0.4, 0.5) is 15.8 Å². The molecule has 0 spiro atoms. The van der Waals surface area contributed by atoms with Crippen molar-refractivity contribution in [3.05, 3.63) is 59.4 Å². The first-order valence-corrected chi connectivity index (χ1v) is 8.14. The molecule has 1 saturated heterocycles. The monoisotopic (exact) mass is 327 g/mol. The van der Waals surface area contributed by atoms with E-state index < -0.39 is 0 Å². The van der Waals surface area contributed by atoms with Gasteiger partial charge in [0.1, 0.15) is 5.82 Å². The fraction of sp³-hybridized carbons (Fsp3) is 0.316. The summed E-state index contributed by atoms with van der Waals surface area (Å²) >= 11 is 0. The van der Waals surface area contributed by atoms with Gasteiger partial charge in [0.15, 0.2) is 0 Å². The van der Waals surface area contributed by atoms with E-state index in [9.17, 15) is 9.18 Å². The van der Waals surface area contributed by atoms with Crippen LogP contribution in [0.1, 0.15) is 15.9 Å². The Labute approximate surface area is 141 Å². The van der Waals surface area contributed by atoms with Gasteiger partial charge in [0.2, 0.25) is 0 Å². The molecule has 3 rings (SSSR count). The first-order chi connectivity index (χ1) is 11.5. The highest BCUT2D eigenvalue weighted by molar-refractivity contribution is 6.04. The minimum absolute atomic E-state index is 0.298. The van der Waals surface area contributed by atoms with E-state index in [2.05, 4.69) is 17.3 Å². The number of piperazine rings is 1. The highest BCUT2D eigenvalue weighted by Crippen LogP contribution is 2.23. The Morgan fingerprint density at radius 1 is 1.08 bits per heavy atom. The number of halogens is 1. The van der Waals surface area contributed by atoms with Crippen LogP contribution < -0.4 is 10.2 Å².